The minimum absolute atomic E-state index is 0.0316. The first kappa shape index (κ1) is 15.0. The summed E-state index contributed by atoms with van der Waals surface area (Å²) in [4.78, 5) is 36.5. The summed E-state index contributed by atoms with van der Waals surface area (Å²) >= 11 is 0. The Morgan fingerprint density at radius 1 is 1.48 bits per heavy atom. The van der Waals surface area contributed by atoms with Crippen molar-refractivity contribution in [2.45, 2.75) is 32.2 Å². The molecule has 114 valence electrons. The second-order valence-electron chi connectivity index (χ2n) is 4.90. The predicted octanol–water partition coefficient (Wildman–Crippen LogP) is -0.211. The number of urea groups is 1. The molecule has 1 aliphatic heterocycles. The van der Waals surface area contributed by atoms with Crippen molar-refractivity contribution in [3.63, 3.8) is 0 Å². The van der Waals surface area contributed by atoms with Crippen molar-refractivity contribution in [3.8, 4) is 0 Å². The van der Waals surface area contributed by atoms with Gasteiger partial charge in [-0.05, 0) is 18.4 Å². The highest BCUT2D eigenvalue weighted by atomic mass is 16.2. The number of H-pyrrole nitrogens is 1. The minimum atomic E-state index is -0.752. The SMILES string of the molecule is CCCN1C(=O)N[C@H](CC(=O)NCCc2cn[nH]c2)C1=O. The van der Waals surface area contributed by atoms with Crippen molar-refractivity contribution in [2.24, 2.45) is 0 Å². The zero-order valence-corrected chi connectivity index (χ0v) is 11.9. The first-order chi connectivity index (χ1) is 10.1. The van der Waals surface area contributed by atoms with E-state index in [0.29, 0.717) is 25.9 Å². The molecule has 3 N–H and O–H groups in total. The van der Waals surface area contributed by atoms with Crippen molar-refractivity contribution in [3.05, 3.63) is 18.0 Å². The topological polar surface area (TPSA) is 107 Å². The maximum atomic E-state index is 12.0. The Bertz CT molecular complexity index is 514. The first-order valence-electron chi connectivity index (χ1n) is 6.98. The van der Waals surface area contributed by atoms with E-state index in [4.69, 9.17) is 0 Å². The van der Waals surface area contributed by atoms with Gasteiger partial charge in [-0.25, -0.2) is 4.79 Å². The number of hydrogen-bond donors (Lipinski definition) is 3. The van der Waals surface area contributed by atoms with Gasteiger partial charge in [0.1, 0.15) is 6.04 Å². The molecule has 8 heteroatoms. The van der Waals surface area contributed by atoms with E-state index in [1.54, 1.807) is 12.4 Å². The summed E-state index contributed by atoms with van der Waals surface area (Å²) in [5, 5.41) is 11.8. The van der Waals surface area contributed by atoms with Crippen LogP contribution in [0.4, 0.5) is 4.79 Å². The number of imide groups is 1. The van der Waals surface area contributed by atoms with Gasteiger partial charge in [-0.3, -0.25) is 19.6 Å². The van der Waals surface area contributed by atoms with Gasteiger partial charge in [0, 0.05) is 19.3 Å². The zero-order chi connectivity index (χ0) is 15.2. The van der Waals surface area contributed by atoms with Gasteiger partial charge in [0.25, 0.3) is 5.91 Å². The summed E-state index contributed by atoms with van der Waals surface area (Å²) in [6, 6.07) is -1.17. The number of aromatic amines is 1. The Hall–Kier alpha value is -2.38. The quantitative estimate of drug-likeness (QED) is 0.604. The average Bonchev–Trinajstić information content (AvgIpc) is 3.04. The molecule has 0 aromatic carbocycles. The van der Waals surface area contributed by atoms with E-state index in [9.17, 15) is 14.4 Å². The van der Waals surface area contributed by atoms with Crippen LogP contribution in [0.25, 0.3) is 0 Å². The Labute approximate surface area is 122 Å². The lowest BCUT2D eigenvalue weighted by Gasteiger charge is -2.11. The van der Waals surface area contributed by atoms with E-state index < -0.39 is 12.1 Å². The van der Waals surface area contributed by atoms with Crippen LogP contribution >= 0.6 is 0 Å². The van der Waals surface area contributed by atoms with Crippen LogP contribution < -0.4 is 10.6 Å². The molecule has 21 heavy (non-hydrogen) atoms. The van der Waals surface area contributed by atoms with E-state index in [0.717, 1.165) is 10.5 Å². The van der Waals surface area contributed by atoms with E-state index in [1.807, 2.05) is 6.92 Å². The van der Waals surface area contributed by atoms with Crippen molar-refractivity contribution in [1.29, 1.82) is 0 Å². The van der Waals surface area contributed by atoms with E-state index in [-0.39, 0.29) is 18.2 Å². The third-order valence-corrected chi connectivity index (χ3v) is 3.23. The molecule has 1 aromatic rings. The van der Waals surface area contributed by atoms with Gasteiger partial charge in [0.2, 0.25) is 5.91 Å². The van der Waals surface area contributed by atoms with Crippen LogP contribution in [0.15, 0.2) is 12.4 Å². The number of amides is 4. The number of nitrogens with one attached hydrogen (secondary N) is 3. The third kappa shape index (κ3) is 3.80. The molecule has 2 rings (SSSR count). The Kier molecular flexibility index (Phi) is 4.91. The molecule has 1 aliphatic rings. The van der Waals surface area contributed by atoms with Crippen LogP contribution in [0.3, 0.4) is 0 Å². The molecule has 0 radical (unpaired) electrons. The normalized spacial score (nSPS) is 18.0. The van der Waals surface area contributed by atoms with Crippen LogP contribution in [0.1, 0.15) is 25.3 Å². The lowest BCUT2D eigenvalue weighted by atomic mass is 10.2. The van der Waals surface area contributed by atoms with Gasteiger partial charge in [-0.2, -0.15) is 5.10 Å². The van der Waals surface area contributed by atoms with Gasteiger partial charge >= 0.3 is 6.03 Å². The molecule has 2 heterocycles. The largest absolute Gasteiger partial charge is 0.356 e. The molecular formula is C13H19N5O3. The number of aromatic nitrogens is 2. The van der Waals surface area contributed by atoms with Gasteiger partial charge < -0.3 is 10.6 Å². The first-order valence-corrected chi connectivity index (χ1v) is 6.98. The molecule has 1 aromatic heterocycles. The molecule has 1 atom stereocenters. The highest BCUT2D eigenvalue weighted by Gasteiger charge is 2.38. The number of rotatable bonds is 7. The second-order valence-corrected chi connectivity index (χ2v) is 4.90. The van der Waals surface area contributed by atoms with E-state index in [2.05, 4.69) is 20.8 Å². The highest BCUT2D eigenvalue weighted by Crippen LogP contribution is 2.09. The fourth-order valence-electron chi connectivity index (χ4n) is 2.17. The monoisotopic (exact) mass is 293 g/mol. The summed E-state index contributed by atoms with van der Waals surface area (Å²) in [5.41, 5.74) is 0.995. The Balaban J connectivity index is 1.75. The molecule has 0 aliphatic carbocycles. The summed E-state index contributed by atoms with van der Waals surface area (Å²) in [7, 11) is 0. The van der Waals surface area contributed by atoms with Gasteiger partial charge in [0.15, 0.2) is 0 Å². The summed E-state index contributed by atoms with van der Waals surface area (Å²) in [6.07, 6.45) is 4.78. The summed E-state index contributed by atoms with van der Waals surface area (Å²) in [5.74, 6) is -0.581. The lowest BCUT2D eigenvalue weighted by Crippen LogP contribution is -2.37. The molecule has 0 bridgehead atoms. The predicted molar refractivity (Wildman–Crippen MR) is 74.2 cm³/mol. The van der Waals surface area contributed by atoms with Crippen LogP contribution in [0, 0.1) is 0 Å². The van der Waals surface area contributed by atoms with Crippen LogP contribution in [-0.2, 0) is 16.0 Å². The smallest absolute Gasteiger partial charge is 0.324 e. The number of nitrogens with zero attached hydrogens (tertiary/aromatic N) is 2. The van der Waals surface area contributed by atoms with Gasteiger partial charge in [0.05, 0.1) is 12.6 Å². The third-order valence-electron chi connectivity index (χ3n) is 3.23. The molecule has 0 saturated carbocycles. The van der Waals surface area contributed by atoms with Crippen LogP contribution in [0.2, 0.25) is 0 Å². The Morgan fingerprint density at radius 3 is 2.95 bits per heavy atom. The van der Waals surface area contributed by atoms with Crippen molar-refractivity contribution in [2.75, 3.05) is 13.1 Å². The van der Waals surface area contributed by atoms with Crippen LogP contribution in [0.5, 0.6) is 0 Å². The fraction of sp³-hybridized carbons (Fsp3) is 0.538. The fourth-order valence-corrected chi connectivity index (χ4v) is 2.17. The molecular weight excluding hydrogens is 274 g/mol. The molecule has 1 saturated heterocycles. The van der Waals surface area contributed by atoms with Gasteiger partial charge in [-0.15, -0.1) is 0 Å². The number of carbonyl (C=O) groups excluding carboxylic acids is 3. The Morgan fingerprint density at radius 2 is 2.29 bits per heavy atom. The van der Waals surface area contributed by atoms with Crippen LogP contribution in [-0.4, -0.2) is 52.1 Å². The van der Waals surface area contributed by atoms with E-state index >= 15 is 0 Å². The molecule has 4 amide bonds. The highest BCUT2D eigenvalue weighted by molar-refractivity contribution is 6.05. The summed E-state index contributed by atoms with van der Waals surface area (Å²) in [6.45, 7) is 2.73. The maximum Gasteiger partial charge on any atom is 0.324 e. The number of hydrogen-bond acceptors (Lipinski definition) is 4. The van der Waals surface area contributed by atoms with Gasteiger partial charge in [-0.1, -0.05) is 6.92 Å². The van der Waals surface area contributed by atoms with E-state index in [1.165, 1.54) is 0 Å². The molecule has 0 unspecified atom stereocenters. The molecule has 1 fully saturated rings. The zero-order valence-electron chi connectivity index (χ0n) is 11.9. The summed E-state index contributed by atoms with van der Waals surface area (Å²) < 4.78 is 0. The molecule has 0 spiro atoms. The molecule has 8 nitrogen and oxygen atoms in total. The standard InChI is InChI=1S/C13H19N5O3/c1-2-5-18-12(20)10(17-13(18)21)6-11(19)14-4-3-9-7-15-16-8-9/h7-8,10H,2-6H2,1H3,(H,14,19)(H,15,16)(H,17,21)/t10-/m1/s1. The average molecular weight is 293 g/mol. The van der Waals surface area contributed by atoms with Crippen molar-refractivity contribution < 1.29 is 14.4 Å². The second kappa shape index (κ2) is 6.87. The van der Waals surface area contributed by atoms with Crippen molar-refractivity contribution >= 4 is 17.8 Å². The maximum absolute atomic E-state index is 12.0. The minimum Gasteiger partial charge on any atom is -0.356 e. The van der Waals surface area contributed by atoms with Crippen molar-refractivity contribution in [1.82, 2.24) is 25.7 Å². The number of carbonyl (C=O) groups is 3. The lowest BCUT2D eigenvalue weighted by molar-refractivity contribution is -0.130.